The lowest BCUT2D eigenvalue weighted by molar-refractivity contribution is -0.129. The molecule has 2 aliphatic rings. The zero-order chi connectivity index (χ0) is 20.4. The lowest BCUT2D eigenvalue weighted by atomic mass is 10.1. The molecule has 2 saturated heterocycles. The summed E-state index contributed by atoms with van der Waals surface area (Å²) in [6, 6.07) is 13.1. The van der Waals surface area contributed by atoms with Crippen LogP contribution in [-0.4, -0.2) is 43.0 Å². The van der Waals surface area contributed by atoms with Crippen LogP contribution in [0.25, 0.3) is 0 Å². The average Bonchev–Trinajstić information content (AvgIpc) is 3.10. The molecule has 0 radical (unpaired) electrons. The van der Waals surface area contributed by atoms with Crippen molar-refractivity contribution in [1.82, 2.24) is 0 Å². The molecule has 0 aromatic heterocycles. The Morgan fingerprint density at radius 3 is 2.59 bits per heavy atom. The van der Waals surface area contributed by atoms with E-state index < -0.39 is 5.92 Å². The van der Waals surface area contributed by atoms with Crippen LogP contribution in [-0.2, 0) is 9.59 Å². The predicted octanol–water partition coefficient (Wildman–Crippen LogP) is 4.65. The second kappa shape index (κ2) is 8.98. The maximum atomic E-state index is 12.8. The van der Waals surface area contributed by atoms with Gasteiger partial charge in [0.15, 0.2) is 0 Å². The van der Waals surface area contributed by atoms with Gasteiger partial charge in [-0.2, -0.15) is 11.8 Å². The molecule has 2 heterocycles. The number of rotatable bonds is 4. The molecule has 8 heteroatoms. The normalized spacial score (nSPS) is 19.5. The smallest absolute Gasteiger partial charge is 0.239 e. The fourth-order valence-electron chi connectivity index (χ4n) is 3.71. The Morgan fingerprint density at radius 1 is 1.10 bits per heavy atom. The quantitative estimate of drug-likeness (QED) is 0.629. The van der Waals surface area contributed by atoms with Crippen molar-refractivity contribution in [2.45, 2.75) is 6.42 Å². The van der Waals surface area contributed by atoms with Crippen molar-refractivity contribution in [2.24, 2.45) is 5.92 Å². The number of nitrogens with zero attached hydrogens (tertiary/aromatic N) is 2. The standard InChI is InChI=1S/C21H21BrClN3O2S/c22-16-3-1-2-4-18(16)26-8-7-15(21(26)28)20(27)24-14-5-6-19(17(23)13-14)25-9-11-29-12-10-25/h1-6,13,15H,7-12H2,(H,24,27). The summed E-state index contributed by atoms with van der Waals surface area (Å²) >= 11 is 11.9. The molecular weight excluding hydrogens is 474 g/mol. The van der Waals surface area contributed by atoms with Crippen LogP contribution in [0.15, 0.2) is 46.9 Å². The Kier molecular flexibility index (Phi) is 6.37. The minimum atomic E-state index is -0.695. The topological polar surface area (TPSA) is 52.7 Å². The Labute approximate surface area is 187 Å². The first-order valence-electron chi connectivity index (χ1n) is 9.53. The number of para-hydroxylation sites is 1. The van der Waals surface area contributed by atoms with E-state index >= 15 is 0 Å². The molecule has 0 saturated carbocycles. The molecule has 0 aliphatic carbocycles. The molecule has 29 heavy (non-hydrogen) atoms. The van der Waals surface area contributed by atoms with Gasteiger partial charge in [-0.05, 0) is 52.7 Å². The van der Waals surface area contributed by atoms with Gasteiger partial charge in [-0.1, -0.05) is 23.7 Å². The van der Waals surface area contributed by atoms with Gasteiger partial charge in [0.1, 0.15) is 5.92 Å². The third-order valence-electron chi connectivity index (χ3n) is 5.23. The summed E-state index contributed by atoms with van der Waals surface area (Å²) in [4.78, 5) is 29.5. The highest BCUT2D eigenvalue weighted by Crippen LogP contribution is 2.33. The van der Waals surface area contributed by atoms with Gasteiger partial charge in [0, 0.05) is 41.3 Å². The summed E-state index contributed by atoms with van der Waals surface area (Å²) in [5, 5.41) is 3.48. The van der Waals surface area contributed by atoms with Gasteiger partial charge < -0.3 is 15.1 Å². The molecule has 2 aliphatic heterocycles. The molecule has 5 nitrogen and oxygen atoms in total. The minimum Gasteiger partial charge on any atom is -0.369 e. The number of nitrogens with one attached hydrogen (secondary N) is 1. The molecule has 0 bridgehead atoms. The fraction of sp³-hybridized carbons (Fsp3) is 0.333. The largest absolute Gasteiger partial charge is 0.369 e. The van der Waals surface area contributed by atoms with Gasteiger partial charge in [0.05, 0.1) is 16.4 Å². The Balaban J connectivity index is 1.44. The SMILES string of the molecule is O=C(Nc1ccc(N2CCSCC2)c(Cl)c1)C1CCN(c2ccccc2Br)C1=O. The van der Waals surface area contributed by atoms with E-state index in [4.69, 9.17) is 11.6 Å². The van der Waals surface area contributed by atoms with Crippen LogP contribution in [0.4, 0.5) is 17.1 Å². The zero-order valence-electron chi connectivity index (χ0n) is 15.7. The van der Waals surface area contributed by atoms with E-state index in [0.29, 0.717) is 23.7 Å². The van der Waals surface area contributed by atoms with Crippen LogP contribution in [0.1, 0.15) is 6.42 Å². The van der Waals surface area contributed by atoms with Gasteiger partial charge >= 0.3 is 0 Å². The second-order valence-corrected chi connectivity index (χ2v) is 9.52. The average molecular weight is 495 g/mol. The van der Waals surface area contributed by atoms with Crippen LogP contribution >= 0.6 is 39.3 Å². The number of hydrogen-bond donors (Lipinski definition) is 1. The summed E-state index contributed by atoms with van der Waals surface area (Å²) in [6.07, 6.45) is 0.489. The van der Waals surface area contributed by atoms with Crippen LogP contribution in [0.5, 0.6) is 0 Å². The van der Waals surface area contributed by atoms with Crippen molar-refractivity contribution >= 4 is 68.2 Å². The van der Waals surface area contributed by atoms with E-state index in [-0.39, 0.29) is 11.8 Å². The number of carbonyl (C=O) groups excluding carboxylic acids is 2. The van der Waals surface area contributed by atoms with E-state index in [9.17, 15) is 9.59 Å². The minimum absolute atomic E-state index is 0.178. The highest BCUT2D eigenvalue weighted by Gasteiger charge is 2.38. The van der Waals surface area contributed by atoms with E-state index in [0.717, 1.165) is 40.4 Å². The summed E-state index contributed by atoms with van der Waals surface area (Å²) in [5.74, 6) is 1.02. The number of benzene rings is 2. The summed E-state index contributed by atoms with van der Waals surface area (Å²) in [5.41, 5.74) is 2.39. The van der Waals surface area contributed by atoms with Crippen molar-refractivity contribution in [1.29, 1.82) is 0 Å². The number of thioether (sulfide) groups is 1. The Morgan fingerprint density at radius 2 is 1.86 bits per heavy atom. The molecule has 2 aromatic carbocycles. The highest BCUT2D eigenvalue weighted by molar-refractivity contribution is 9.10. The lowest BCUT2D eigenvalue weighted by Crippen LogP contribution is -2.33. The third-order valence-corrected chi connectivity index (χ3v) is 7.15. The Hall–Kier alpha value is -1.70. The first-order chi connectivity index (χ1) is 14.0. The van der Waals surface area contributed by atoms with E-state index in [2.05, 4.69) is 26.1 Å². The van der Waals surface area contributed by atoms with Crippen LogP contribution in [0.3, 0.4) is 0 Å². The van der Waals surface area contributed by atoms with E-state index in [1.165, 1.54) is 0 Å². The van der Waals surface area contributed by atoms with Crippen LogP contribution in [0.2, 0.25) is 5.02 Å². The van der Waals surface area contributed by atoms with Crippen LogP contribution < -0.4 is 15.1 Å². The van der Waals surface area contributed by atoms with Gasteiger partial charge in [0.2, 0.25) is 11.8 Å². The molecule has 1 unspecified atom stereocenters. The number of hydrogen-bond acceptors (Lipinski definition) is 4. The predicted molar refractivity (Wildman–Crippen MR) is 124 cm³/mol. The van der Waals surface area contributed by atoms with Crippen molar-refractivity contribution < 1.29 is 9.59 Å². The molecule has 4 rings (SSSR count). The molecule has 2 amide bonds. The van der Waals surface area contributed by atoms with Crippen molar-refractivity contribution in [3.63, 3.8) is 0 Å². The molecule has 2 fully saturated rings. The van der Waals surface area contributed by atoms with Crippen molar-refractivity contribution in [2.75, 3.05) is 46.3 Å². The first-order valence-corrected chi connectivity index (χ1v) is 11.9. The molecule has 0 spiro atoms. The van der Waals surface area contributed by atoms with Crippen molar-refractivity contribution in [3.8, 4) is 0 Å². The summed E-state index contributed by atoms with van der Waals surface area (Å²) in [7, 11) is 0. The molecule has 2 aromatic rings. The van der Waals surface area contributed by atoms with E-state index in [1.54, 1.807) is 11.0 Å². The molecular formula is C21H21BrClN3O2S. The van der Waals surface area contributed by atoms with E-state index in [1.807, 2.05) is 48.2 Å². The first kappa shape index (κ1) is 20.6. The number of amides is 2. The summed E-state index contributed by atoms with van der Waals surface area (Å²) < 4.78 is 0.841. The van der Waals surface area contributed by atoms with Crippen LogP contribution in [0, 0.1) is 5.92 Å². The highest BCUT2D eigenvalue weighted by atomic mass is 79.9. The second-order valence-electron chi connectivity index (χ2n) is 7.04. The monoisotopic (exact) mass is 493 g/mol. The summed E-state index contributed by atoms with van der Waals surface area (Å²) in [6.45, 7) is 2.46. The van der Waals surface area contributed by atoms with Gasteiger partial charge in [-0.25, -0.2) is 0 Å². The maximum Gasteiger partial charge on any atom is 0.239 e. The fourth-order valence-corrected chi connectivity index (χ4v) is 5.41. The third kappa shape index (κ3) is 4.42. The number of halogens is 2. The number of carbonyl (C=O) groups is 2. The van der Waals surface area contributed by atoms with Crippen molar-refractivity contribution in [3.05, 3.63) is 52.0 Å². The van der Waals surface area contributed by atoms with Gasteiger partial charge in [0.25, 0.3) is 0 Å². The molecule has 1 atom stereocenters. The van der Waals surface area contributed by atoms with Gasteiger partial charge in [-0.15, -0.1) is 0 Å². The van der Waals surface area contributed by atoms with Gasteiger partial charge in [-0.3, -0.25) is 9.59 Å². The zero-order valence-corrected chi connectivity index (χ0v) is 18.9. The number of anilines is 3. The molecule has 152 valence electrons. The maximum absolute atomic E-state index is 12.8. The Bertz CT molecular complexity index is 936. The molecule has 1 N–H and O–H groups in total. The lowest BCUT2D eigenvalue weighted by Gasteiger charge is -2.29.